The summed E-state index contributed by atoms with van der Waals surface area (Å²) in [6, 6.07) is 8.76. The van der Waals surface area contributed by atoms with Gasteiger partial charge in [0.1, 0.15) is 0 Å². The molecule has 0 atom stereocenters. The first-order chi connectivity index (χ1) is 9.63. The molecule has 1 heterocycles. The molecule has 0 spiro atoms. The van der Waals surface area contributed by atoms with Crippen LogP contribution in [-0.2, 0) is 13.6 Å². The van der Waals surface area contributed by atoms with Crippen LogP contribution in [0.4, 0.5) is 11.4 Å². The van der Waals surface area contributed by atoms with Crippen LogP contribution >= 0.6 is 0 Å². The van der Waals surface area contributed by atoms with Gasteiger partial charge in [-0.05, 0) is 38.5 Å². The zero-order chi connectivity index (χ0) is 14.5. The quantitative estimate of drug-likeness (QED) is 0.876. The third kappa shape index (κ3) is 3.32. The van der Waals surface area contributed by atoms with E-state index in [-0.39, 0.29) is 0 Å². The summed E-state index contributed by atoms with van der Waals surface area (Å²) in [6.45, 7) is 9.30. The largest absolute Gasteiger partial charge is 0.378 e. The molecule has 0 bridgehead atoms. The Hall–Kier alpha value is -1.97. The molecule has 0 aliphatic carbocycles. The van der Waals surface area contributed by atoms with E-state index in [1.807, 2.05) is 24.9 Å². The summed E-state index contributed by atoms with van der Waals surface area (Å²) in [5.74, 6) is 0. The summed E-state index contributed by atoms with van der Waals surface area (Å²) in [5, 5.41) is 7.76. The minimum atomic E-state index is 0.824. The maximum atomic E-state index is 4.33. The third-order valence-corrected chi connectivity index (χ3v) is 3.56. The monoisotopic (exact) mass is 272 g/mol. The standard InChI is InChI=1S/C16H24N4/c1-5-20(6-2)15-9-7-14(8-10-15)11-17-16-12-19(4)18-13(16)3/h7-10,12,17H,5-6,11H2,1-4H3. The van der Waals surface area contributed by atoms with Crippen molar-refractivity contribution in [2.45, 2.75) is 27.3 Å². The van der Waals surface area contributed by atoms with Gasteiger partial charge in [0.15, 0.2) is 0 Å². The van der Waals surface area contributed by atoms with Gasteiger partial charge in [0.25, 0.3) is 0 Å². The Morgan fingerprint density at radius 1 is 1.15 bits per heavy atom. The molecule has 2 rings (SSSR count). The number of nitrogens with zero attached hydrogens (tertiary/aromatic N) is 3. The Morgan fingerprint density at radius 3 is 2.30 bits per heavy atom. The highest BCUT2D eigenvalue weighted by Crippen LogP contribution is 2.17. The van der Waals surface area contributed by atoms with Crippen LogP contribution in [0.25, 0.3) is 0 Å². The zero-order valence-electron chi connectivity index (χ0n) is 12.8. The van der Waals surface area contributed by atoms with Crippen molar-refractivity contribution < 1.29 is 0 Å². The van der Waals surface area contributed by atoms with E-state index in [1.54, 1.807) is 0 Å². The van der Waals surface area contributed by atoms with Crippen molar-refractivity contribution in [1.82, 2.24) is 9.78 Å². The number of hydrogen-bond acceptors (Lipinski definition) is 3. The van der Waals surface area contributed by atoms with Gasteiger partial charge in [-0.3, -0.25) is 4.68 Å². The molecule has 0 fully saturated rings. The highest BCUT2D eigenvalue weighted by Gasteiger charge is 2.04. The van der Waals surface area contributed by atoms with Crippen molar-refractivity contribution in [1.29, 1.82) is 0 Å². The molecule has 1 aromatic carbocycles. The lowest BCUT2D eigenvalue weighted by Gasteiger charge is -2.21. The van der Waals surface area contributed by atoms with Gasteiger partial charge in [0.2, 0.25) is 0 Å². The molecule has 4 nitrogen and oxygen atoms in total. The molecular weight excluding hydrogens is 248 g/mol. The first-order valence-corrected chi connectivity index (χ1v) is 7.22. The number of nitrogens with one attached hydrogen (secondary N) is 1. The molecule has 0 aliphatic heterocycles. The Labute approximate surface area is 121 Å². The van der Waals surface area contributed by atoms with E-state index in [4.69, 9.17) is 0 Å². The first-order valence-electron chi connectivity index (χ1n) is 7.22. The summed E-state index contributed by atoms with van der Waals surface area (Å²) in [4.78, 5) is 2.35. The highest BCUT2D eigenvalue weighted by molar-refractivity contribution is 5.49. The second-order valence-electron chi connectivity index (χ2n) is 4.99. The summed E-state index contributed by atoms with van der Waals surface area (Å²) in [5.41, 5.74) is 4.70. The molecule has 0 saturated heterocycles. The first kappa shape index (κ1) is 14.4. The summed E-state index contributed by atoms with van der Waals surface area (Å²) in [6.07, 6.45) is 2.01. The molecule has 1 aromatic heterocycles. The lowest BCUT2D eigenvalue weighted by Crippen LogP contribution is -2.21. The van der Waals surface area contributed by atoms with Crippen LogP contribution in [0.1, 0.15) is 25.1 Å². The average molecular weight is 272 g/mol. The number of hydrogen-bond donors (Lipinski definition) is 1. The molecule has 4 heteroatoms. The predicted octanol–water partition coefficient (Wildman–Crippen LogP) is 3.19. The van der Waals surface area contributed by atoms with Crippen LogP contribution in [0.15, 0.2) is 30.5 Å². The van der Waals surface area contributed by atoms with Crippen LogP contribution in [-0.4, -0.2) is 22.9 Å². The summed E-state index contributed by atoms with van der Waals surface area (Å²) in [7, 11) is 1.94. The fourth-order valence-electron chi connectivity index (χ4n) is 2.38. The zero-order valence-corrected chi connectivity index (χ0v) is 12.8. The van der Waals surface area contributed by atoms with E-state index in [1.165, 1.54) is 11.3 Å². The molecule has 20 heavy (non-hydrogen) atoms. The van der Waals surface area contributed by atoms with E-state index in [2.05, 4.69) is 53.4 Å². The number of aromatic nitrogens is 2. The predicted molar refractivity (Wildman–Crippen MR) is 85.3 cm³/mol. The molecule has 1 N–H and O–H groups in total. The highest BCUT2D eigenvalue weighted by atomic mass is 15.3. The average Bonchev–Trinajstić information content (AvgIpc) is 2.77. The second kappa shape index (κ2) is 6.46. The molecule has 0 unspecified atom stereocenters. The minimum absolute atomic E-state index is 0.824. The van der Waals surface area contributed by atoms with Crippen LogP contribution in [0.2, 0.25) is 0 Å². The molecule has 0 saturated carbocycles. The maximum Gasteiger partial charge on any atom is 0.0825 e. The van der Waals surface area contributed by atoms with Gasteiger partial charge >= 0.3 is 0 Å². The van der Waals surface area contributed by atoms with Gasteiger partial charge < -0.3 is 10.2 Å². The molecular formula is C16H24N4. The molecule has 2 aromatic rings. The van der Waals surface area contributed by atoms with Crippen molar-refractivity contribution in [2.24, 2.45) is 7.05 Å². The van der Waals surface area contributed by atoms with Crippen LogP contribution in [0.5, 0.6) is 0 Å². The second-order valence-corrected chi connectivity index (χ2v) is 4.99. The number of aryl methyl sites for hydroxylation is 2. The fourth-order valence-corrected chi connectivity index (χ4v) is 2.38. The fraction of sp³-hybridized carbons (Fsp3) is 0.438. The SMILES string of the molecule is CCN(CC)c1ccc(CNc2cn(C)nc2C)cc1. The van der Waals surface area contributed by atoms with Gasteiger partial charge in [0, 0.05) is 38.6 Å². The third-order valence-electron chi connectivity index (χ3n) is 3.56. The van der Waals surface area contributed by atoms with E-state index in [9.17, 15) is 0 Å². The van der Waals surface area contributed by atoms with E-state index < -0.39 is 0 Å². The molecule has 108 valence electrons. The molecule has 0 radical (unpaired) electrons. The lowest BCUT2D eigenvalue weighted by atomic mass is 10.2. The Balaban J connectivity index is 1.99. The summed E-state index contributed by atoms with van der Waals surface area (Å²) >= 11 is 0. The Kier molecular flexibility index (Phi) is 4.66. The van der Waals surface area contributed by atoms with Crippen molar-refractivity contribution in [3.63, 3.8) is 0 Å². The Morgan fingerprint density at radius 2 is 1.80 bits per heavy atom. The topological polar surface area (TPSA) is 33.1 Å². The van der Waals surface area contributed by atoms with Crippen molar-refractivity contribution in [3.8, 4) is 0 Å². The van der Waals surface area contributed by atoms with Gasteiger partial charge in [-0.2, -0.15) is 5.10 Å². The lowest BCUT2D eigenvalue weighted by molar-refractivity contribution is 0.756. The number of rotatable bonds is 6. The van der Waals surface area contributed by atoms with Gasteiger partial charge in [-0.15, -0.1) is 0 Å². The number of benzene rings is 1. The maximum absolute atomic E-state index is 4.33. The Bertz CT molecular complexity index is 538. The van der Waals surface area contributed by atoms with E-state index >= 15 is 0 Å². The van der Waals surface area contributed by atoms with Gasteiger partial charge in [0.05, 0.1) is 11.4 Å². The van der Waals surface area contributed by atoms with Crippen molar-refractivity contribution in [2.75, 3.05) is 23.3 Å². The smallest absolute Gasteiger partial charge is 0.0825 e. The van der Waals surface area contributed by atoms with Gasteiger partial charge in [-0.25, -0.2) is 0 Å². The van der Waals surface area contributed by atoms with E-state index in [0.717, 1.165) is 31.0 Å². The van der Waals surface area contributed by atoms with Crippen molar-refractivity contribution in [3.05, 3.63) is 41.7 Å². The molecule has 0 amide bonds. The van der Waals surface area contributed by atoms with Crippen LogP contribution in [0.3, 0.4) is 0 Å². The number of anilines is 2. The summed E-state index contributed by atoms with van der Waals surface area (Å²) < 4.78 is 1.83. The van der Waals surface area contributed by atoms with Crippen LogP contribution < -0.4 is 10.2 Å². The van der Waals surface area contributed by atoms with Crippen LogP contribution in [0, 0.1) is 6.92 Å². The minimum Gasteiger partial charge on any atom is -0.378 e. The van der Waals surface area contributed by atoms with E-state index in [0.29, 0.717) is 0 Å². The normalized spacial score (nSPS) is 10.6. The molecule has 0 aliphatic rings. The van der Waals surface area contributed by atoms with Gasteiger partial charge in [-0.1, -0.05) is 12.1 Å². The van der Waals surface area contributed by atoms with Crippen molar-refractivity contribution >= 4 is 11.4 Å².